The molecule has 1 heterocycles. The summed E-state index contributed by atoms with van der Waals surface area (Å²) in [6.45, 7) is 2.09. The van der Waals surface area contributed by atoms with Gasteiger partial charge in [-0.15, -0.1) is 0 Å². The van der Waals surface area contributed by atoms with Crippen molar-refractivity contribution in [2.24, 2.45) is 0 Å². The average molecular weight is 251 g/mol. The van der Waals surface area contributed by atoms with E-state index in [1.54, 1.807) is 0 Å². The molecule has 1 N–H and O–H groups in total. The van der Waals surface area contributed by atoms with Gasteiger partial charge < -0.3 is 9.88 Å². The predicted octanol–water partition coefficient (Wildman–Crippen LogP) is 3.60. The van der Waals surface area contributed by atoms with Crippen LogP contribution in [0.15, 0.2) is 42.5 Å². The van der Waals surface area contributed by atoms with Crippen LogP contribution in [0.3, 0.4) is 0 Å². The van der Waals surface area contributed by atoms with Gasteiger partial charge in [-0.25, -0.2) is 4.98 Å². The third-order valence-corrected chi connectivity index (χ3v) is 3.37. The number of H-pyrrole nitrogens is 1. The van der Waals surface area contributed by atoms with Crippen molar-refractivity contribution >= 4 is 16.7 Å². The van der Waals surface area contributed by atoms with Crippen molar-refractivity contribution in [3.05, 3.63) is 48.0 Å². The molecule has 0 amide bonds. The minimum Gasteiger partial charge on any atom is -0.378 e. The molecule has 0 aliphatic rings. The Morgan fingerprint density at radius 3 is 2.37 bits per heavy atom. The lowest BCUT2D eigenvalue weighted by atomic mass is 10.2. The van der Waals surface area contributed by atoms with Gasteiger partial charge in [-0.3, -0.25) is 0 Å². The van der Waals surface area contributed by atoms with Crippen molar-refractivity contribution in [1.29, 1.82) is 0 Å². The molecule has 0 spiro atoms. The molecular formula is C16H17N3. The second-order valence-electron chi connectivity index (χ2n) is 5.00. The number of anilines is 1. The second kappa shape index (κ2) is 4.43. The van der Waals surface area contributed by atoms with Crippen molar-refractivity contribution < 1.29 is 0 Å². The Labute approximate surface area is 112 Å². The fourth-order valence-corrected chi connectivity index (χ4v) is 2.23. The molecule has 0 saturated heterocycles. The van der Waals surface area contributed by atoms with Gasteiger partial charge >= 0.3 is 0 Å². The molecule has 0 aliphatic carbocycles. The summed E-state index contributed by atoms with van der Waals surface area (Å²) < 4.78 is 0. The van der Waals surface area contributed by atoms with Crippen molar-refractivity contribution in [2.45, 2.75) is 6.92 Å². The Bertz CT molecular complexity index is 708. The van der Waals surface area contributed by atoms with Crippen LogP contribution in [0.4, 0.5) is 5.69 Å². The number of imidazole rings is 1. The molecule has 0 bridgehead atoms. The average Bonchev–Trinajstić information content (AvgIpc) is 2.84. The number of aromatic amines is 1. The maximum absolute atomic E-state index is 4.69. The first-order valence-electron chi connectivity index (χ1n) is 6.38. The van der Waals surface area contributed by atoms with Crippen molar-refractivity contribution in [2.75, 3.05) is 19.0 Å². The van der Waals surface area contributed by atoms with Crippen LogP contribution in [0, 0.1) is 6.92 Å². The van der Waals surface area contributed by atoms with E-state index in [0.29, 0.717) is 0 Å². The summed E-state index contributed by atoms with van der Waals surface area (Å²) in [5.41, 5.74) is 5.64. The van der Waals surface area contributed by atoms with Crippen LogP contribution in [0.25, 0.3) is 22.4 Å². The Hall–Kier alpha value is -2.29. The topological polar surface area (TPSA) is 31.9 Å². The maximum Gasteiger partial charge on any atom is 0.138 e. The normalized spacial score (nSPS) is 10.9. The zero-order chi connectivity index (χ0) is 13.4. The highest BCUT2D eigenvalue weighted by Gasteiger charge is 2.06. The highest BCUT2D eigenvalue weighted by Crippen LogP contribution is 2.24. The molecule has 2 aromatic carbocycles. The third-order valence-electron chi connectivity index (χ3n) is 3.37. The van der Waals surface area contributed by atoms with E-state index in [9.17, 15) is 0 Å². The molecular weight excluding hydrogens is 234 g/mol. The molecule has 3 heteroatoms. The lowest BCUT2D eigenvalue weighted by molar-refractivity contribution is 1.13. The molecule has 0 atom stereocenters. The zero-order valence-corrected chi connectivity index (χ0v) is 11.4. The molecule has 3 aromatic rings. The number of aromatic nitrogens is 2. The molecule has 0 saturated carbocycles. The maximum atomic E-state index is 4.69. The van der Waals surface area contributed by atoms with Crippen molar-refractivity contribution in [3.63, 3.8) is 0 Å². The summed E-state index contributed by atoms with van der Waals surface area (Å²) >= 11 is 0. The summed E-state index contributed by atoms with van der Waals surface area (Å²) in [4.78, 5) is 10.2. The molecule has 0 unspecified atom stereocenters. The molecule has 1 aromatic heterocycles. The van der Waals surface area contributed by atoms with E-state index in [2.05, 4.69) is 64.3 Å². The number of rotatable bonds is 2. The third kappa shape index (κ3) is 2.08. The standard InChI is InChI=1S/C16H17N3/c1-11-5-4-6-14-15(11)18-16(17-14)12-7-9-13(10-8-12)19(2)3/h4-10H,1-3H3,(H,17,18). The smallest absolute Gasteiger partial charge is 0.138 e. The molecule has 19 heavy (non-hydrogen) atoms. The molecule has 96 valence electrons. The minimum atomic E-state index is 0.926. The first-order valence-corrected chi connectivity index (χ1v) is 6.38. The van der Waals surface area contributed by atoms with Gasteiger partial charge in [-0.1, -0.05) is 12.1 Å². The summed E-state index contributed by atoms with van der Waals surface area (Å²) in [6, 6.07) is 14.6. The van der Waals surface area contributed by atoms with Gasteiger partial charge in [0.05, 0.1) is 11.0 Å². The summed E-state index contributed by atoms with van der Waals surface area (Å²) in [6.07, 6.45) is 0. The Morgan fingerprint density at radius 1 is 1.00 bits per heavy atom. The second-order valence-corrected chi connectivity index (χ2v) is 5.00. The SMILES string of the molecule is Cc1cccc2[nH]c(-c3ccc(N(C)C)cc3)nc12. The highest BCUT2D eigenvalue weighted by molar-refractivity contribution is 5.82. The van der Waals surface area contributed by atoms with E-state index in [-0.39, 0.29) is 0 Å². The number of nitrogens with zero attached hydrogens (tertiary/aromatic N) is 2. The number of hydrogen-bond acceptors (Lipinski definition) is 2. The van der Waals surface area contributed by atoms with E-state index >= 15 is 0 Å². The predicted molar refractivity (Wildman–Crippen MR) is 80.6 cm³/mol. The largest absolute Gasteiger partial charge is 0.378 e. The number of hydrogen-bond donors (Lipinski definition) is 1. The lowest BCUT2D eigenvalue weighted by Crippen LogP contribution is -2.07. The fourth-order valence-electron chi connectivity index (χ4n) is 2.23. The van der Waals surface area contributed by atoms with Gasteiger partial charge in [0, 0.05) is 25.3 Å². The van der Waals surface area contributed by atoms with E-state index in [4.69, 9.17) is 0 Å². The van der Waals surface area contributed by atoms with Crippen LogP contribution < -0.4 is 4.90 Å². The van der Waals surface area contributed by atoms with Gasteiger partial charge in [0.25, 0.3) is 0 Å². The lowest BCUT2D eigenvalue weighted by Gasteiger charge is -2.11. The Morgan fingerprint density at radius 2 is 1.74 bits per heavy atom. The Balaban J connectivity index is 2.06. The van der Waals surface area contributed by atoms with Crippen LogP contribution in [0.5, 0.6) is 0 Å². The van der Waals surface area contributed by atoms with Gasteiger partial charge in [-0.05, 0) is 42.8 Å². The first-order chi connectivity index (χ1) is 9.15. The molecule has 3 nitrogen and oxygen atoms in total. The number of nitrogens with one attached hydrogen (secondary N) is 1. The number of para-hydroxylation sites is 1. The number of aryl methyl sites for hydroxylation is 1. The van der Waals surface area contributed by atoms with Crippen LogP contribution in [-0.2, 0) is 0 Å². The van der Waals surface area contributed by atoms with Crippen molar-refractivity contribution in [3.8, 4) is 11.4 Å². The van der Waals surface area contributed by atoms with E-state index < -0.39 is 0 Å². The van der Waals surface area contributed by atoms with Gasteiger partial charge in [0.2, 0.25) is 0 Å². The summed E-state index contributed by atoms with van der Waals surface area (Å²) in [5.74, 6) is 0.926. The first kappa shape index (κ1) is 11.8. The monoisotopic (exact) mass is 251 g/mol. The zero-order valence-electron chi connectivity index (χ0n) is 11.4. The van der Waals surface area contributed by atoms with Crippen molar-refractivity contribution in [1.82, 2.24) is 9.97 Å². The molecule has 3 rings (SSSR count). The number of benzene rings is 2. The van der Waals surface area contributed by atoms with Gasteiger partial charge in [0.1, 0.15) is 5.82 Å². The van der Waals surface area contributed by atoms with E-state index in [1.165, 1.54) is 11.3 Å². The molecule has 0 aliphatic heterocycles. The quantitative estimate of drug-likeness (QED) is 0.754. The fraction of sp³-hybridized carbons (Fsp3) is 0.188. The summed E-state index contributed by atoms with van der Waals surface area (Å²) in [7, 11) is 4.08. The minimum absolute atomic E-state index is 0.926. The van der Waals surface area contributed by atoms with Crippen LogP contribution in [0.2, 0.25) is 0 Å². The Kier molecular flexibility index (Phi) is 2.75. The number of fused-ring (bicyclic) bond motifs is 1. The molecule has 0 fully saturated rings. The van der Waals surface area contributed by atoms with Gasteiger partial charge in [-0.2, -0.15) is 0 Å². The van der Waals surface area contributed by atoms with E-state index in [1.807, 2.05) is 14.1 Å². The van der Waals surface area contributed by atoms with Crippen LogP contribution >= 0.6 is 0 Å². The van der Waals surface area contributed by atoms with Crippen LogP contribution in [-0.4, -0.2) is 24.1 Å². The summed E-state index contributed by atoms with van der Waals surface area (Å²) in [5, 5.41) is 0. The molecule has 0 radical (unpaired) electrons. The van der Waals surface area contributed by atoms with Crippen LogP contribution in [0.1, 0.15) is 5.56 Å². The van der Waals surface area contributed by atoms with Gasteiger partial charge in [0.15, 0.2) is 0 Å². The van der Waals surface area contributed by atoms with E-state index in [0.717, 1.165) is 22.4 Å². The highest BCUT2D eigenvalue weighted by atomic mass is 15.1.